The predicted octanol–water partition coefficient (Wildman–Crippen LogP) is 4.04. The van der Waals surface area contributed by atoms with E-state index in [2.05, 4.69) is 27.2 Å². The molecule has 0 fully saturated rings. The van der Waals surface area contributed by atoms with Crippen LogP contribution in [0.15, 0.2) is 59.1 Å². The van der Waals surface area contributed by atoms with Crippen molar-refractivity contribution in [2.75, 3.05) is 20.3 Å². The SMILES string of the molecule is COCCN(Cc1ccccc1)Cc1nc(-c2ccc(Cl)cc2)no1. The lowest BCUT2D eigenvalue weighted by molar-refractivity contribution is 0.131. The number of halogens is 1. The van der Waals surface area contributed by atoms with Crippen LogP contribution in [0, 0.1) is 0 Å². The third kappa shape index (κ3) is 5.13. The zero-order chi connectivity index (χ0) is 17.5. The molecule has 25 heavy (non-hydrogen) atoms. The van der Waals surface area contributed by atoms with Crippen molar-refractivity contribution < 1.29 is 9.26 Å². The Kier molecular flexibility index (Phi) is 6.17. The molecule has 0 aliphatic carbocycles. The van der Waals surface area contributed by atoms with Crippen LogP contribution in [-0.2, 0) is 17.8 Å². The van der Waals surface area contributed by atoms with Gasteiger partial charge in [-0.15, -0.1) is 0 Å². The van der Waals surface area contributed by atoms with Gasteiger partial charge >= 0.3 is 0 Å². The number of nitrogens with zero attached hydrogens (tertiary/aromatic N) is 3. The van der Waals surface area contributed by atoms with E-state index in [0.717, 1.165) is 18.7 Å². The van der Waals surface area contributed by atoms with Crippen molar-refractivity contribution in [2.45, 2.75) is 13.1 Å². The first-order valence-electron chi connectivity index (χ1n) is 8.08. The lowest BCUT2D eigenvalue weighted by Crippen LogP contribution is -2.26. The van der Waals surface area contributed by atoms with E-state index in [0.29, 0.717) is 29.9 Å². The number of aromatic nitrogens is 2. The Labute approximate surface area is 152 Å². The molecule has 0 saturated heterocycles. The second kappa shape index (κ2) is 8.76. The fourth-order valence-corrected chi connectivity index (χ4v) is 2.63. The van der Waals surface area contributed by atoms with Crippen LogP contribution < -0.4 is 0 Å². The van der Waals surface area contributed by atoms with Gasteiger partial charge in [-0.2, -0.15) is 4.98 Å². The summed E-state index contributed by atoms with van der Waals surface area (Å²) in [4.78, 5) is 6.72. The number of methoxy groups -OCH3 is 1. The third-order valence-corrected chi connectivity index (χ3v) is 4.04. The predicted molar refractivity (Wildman–Crippen MR) is 97.2 cm³/mol. The van der Waals surface area contributed by atoms with Gasteiger partial charge in [-0.1, -0.05) is 47.1 Å². The van der Waals surface area contributed by atoms with Gasteiger partial charge in [0, 0.05) is 30.8 Å². The van der Waals surface area contributed by atoms with Crippen LogP contribution in [0.5, 0.6) is 0 Å². The maximum Gasteiger partial charge on any atom is 0.241 e. The Hall–Kier alpha value is -2.21. The molecule has 2 aromatic carbocycles. The van der Waals surface area contributed by atoms with E-state index >= 15 is 0 Å². The number of hydrogen-bond acceptors (Lipinski definition) is 5. The molecule has 0 bridgehead atoms. The molecule has 0 unspecified atom stereocenters. The summed E-state index contributed by atoms with van der Waals surface area (Å²) in [6.07, 6.45) is 0. The highest BCUT2D eigenvalue weighted by atomic mass is 35.5. The summed E-state index contributed by atoms with van der Waals surface area (Å²) < 4.78 is 10.6. The molecule has 5 nitrogen and oxygen atoms in total. The van der Waals surface area contributed by atoms with Gasteiger partial charge in [0.1, 0.15) is 0 Å². The second-order valence-corrected chi connectivity index (χ2v) is 6.14. The molecule has 1 heterocycles. The highest BCUT2D eigenvalue weighted by Gasteiger charge is 2.13. The fraction of sp³-hybridized carbons (Fsp3) is 0.263. The number of rotatable bonds is 8. The van der Waals surface area contributed by atoms with Crippen molar-refractivity contribution in [3.8, 4) is 11.4 Å². The van der Waals surface area contributed by atoms with E-state index in [4.69, 9.17) is 20.9 Å². The van der Waals surface area contributed by atoms with E-state index in [1.807, 2.05) is 42.5 Å². The molecule has 0 radical (unpaired) electrons. The normalized spacial score (nSPS) is 11.2. The number of hydrogen-bond donors (Lipinski definition) is 0. The maximum atomic E-state index is 5.92. The standard InChI is InChI=1S/C19H20ClN3O2/c1-24-12-11-23(13-15-5-3-2-4-6-15)14-18-21-19(22-25-18)16-7-9-17(20)10-8-16/h2-10H,11-14H2,1H3. The molecule has 1 aromatic heterocycles. The van der Waals surface area contributed by atoms with Crippen molar-refractivity contribution in [1.29, 1.82) is 0 Å². The molecule has 0 N–H and O–H groups in total. The van der Waals surface area contributed by atoms with Gasteiger partial charge in [0.25, 0.3) is 0 Å². The first kappa shape index (κ1) is 17.6. The van der Waals surface area contributed by atoms with Crippen LogP contribution in [0.4, 0.5) is 0 Å². The Bertz CT molecular complexity index is 775. The first-order chi connectivity index (χ1) is 12.2. The summed E-state index contributed by atoms with van der Waals surface area (Å²) in [5, 5.41) is 4.75. The van der Waals surface area contributed by atoms with E-state index in [9.17, 15) is 0 Å². The van der Waals surface area contributed by atoms with Crippen molar-refractivity contribution in [3.63, 3.8) is 0 Å². The minimum absolute atomic E-state index is 0.568. The molecule has 6 heteroatoms. The zero-order valence-electron chi connectivity index (χ0n) is 14.1. The Morgan fingerprint density at radius 1 is 1.04 bits per heavy atom. The maximum absolute atomic E-state index is 5.92. The first-order valence-corrected chi connectivity index (χ1v) is 8.46. The van der Waals surface area contributed by atoms with E-state index < -0.39 is 0 Å². The Morgan fingerprint density at radius 2 is 1.80 bits per heavy atom. The third-order valence-electron chi connectivity index (χ3n) is 3.79. The number of ether oxygens (including phenoxy) is 1. The average Bonchev–Trinajstić information content (AvgIpc) is 3.09. The quantitative estimate of drug-likeness (QED) is 0.609. The molecule has 3 rings (SSSR count). The van der Waals surface area contributed by atoms with Crippen molar-refractivity contribution in [2.24, 2.45) is 0 Å². The largest absolute Gasteiger partial charge is 0.383 e. The molecule has 0 aliphatic heterocycles. The van der Waals surface area contributed by atoms with Gasteiger partial charge in [0.15, 0.2) is 0 Å². The van der Waals surface area contributed by atoms with E-state index in [1.54, 1.807) is 7.11 Å². The minimum Gasteiger partial charge on any atom is -0.383 e. The lowest BCUT2D eigenvalue weighted by Gasteiger charge is -2.20. The minimum atomic E-state index is 0.568. The summed E-state index contributed by atoms with van der Waals surface area (Å²) >= 11 is 5.92. The second-order valence-electron chi connectivity index (χ2n) is 5.71. The van der Waals surface area contributed by atoms with Crippen LogP contribution >= 0.6 is 11.6 Å². The average molecular weight is 358 g/mol. The molecular weight excluding hydrogens is 338 g/mol. The van der Waals surface area contributed by atoms with E-state index in [1.165, 1.54) is 5.56 Å². The topological polar surface area (TPSA) is 51.4 Å². The van der Waals surface area contributed by atoms with Gasteiger partial charge in [-0.3, -0.25) is 4.90 Å². The summed E-state index contributed by atoms with van der Waals surface area (Å²) in [7, 11) is 1.70. The van der Waals surface area contributed by atoms with Crippen LogP contribution in [0.1, 0.15) is 11.5 Å². The van der Waals surface area contributed by atoms with Gasteiger partial charge in [0.05, 0.1) is 13.2 Å². The van der Waals surface area contributed by atoms with Crippen molar-refractivity contribution >= 4 is 11.6 Å². The van der Waals surface area contributed by atoms with Gasteiger partial charge in [0.2, 0.25) is 11.7 Å². The monoisotopic (exact) mass is 357 g/mol. The summed E-state index contributed by atoms with van der Waals surface area (Å²) in [5.41, 5.74) is 2.11. The van der Waals surface area contributed by atoms with Crippen LogP contribution in [0.25, 0.3) is 11.4 Å². The molecule has 0 aliphatic rings. The summed E-state index contributed by atoms with van der Waals surface area (Å²) in [6.45, 7) is 2.79. The van der Waals surface area contributed by atoms with Gasteiger partial charge in [-0.25, -0.2) is 0 Å². The van der Waals surface area contributed by atoms with Gasteiger partial charge in [-0.05, 0) is 29.8 Å². The Balaban J connectivity index is 1.69. The Morgan fingerprint density at radius 3 is 2.52 bits per heavy atom. The molecule has 0 saturated carbocycles. The van der Waals surface area contributed by atoms with Crippen molar-refractivity contribution in [3.05, 3.63) is 71.1 Å². The highest BCUT2D eigenvalue weighted by Crippen LogP contribution is 2.19. The number of benzene rings is 2. The zero-order valence-corrected chi connectivity index (χ0v) is 14.8. The molecule has 0 atom stereocenters. The lowest BCUT2D eigenvalue weighted by atomic mass is 10.2. The highest BCUT2D eigenvalue weighted by molar-refractivity contribution is 6.30. The molecular formula is C19H20ClN3O2. The molecule has 0 amide bonds. The van der Waals surface area contributed by atoms with Gasteiger partial charge < -0.3 is 9.26 Å². The van der Waals surface area contributed by atoms with Crippen molar-refractivity contribution in [1.82, 2.24) is 15.0 Å². The van der Waals surface area contributed by atoms with Crippen LogP contribution in [-0.4, -0.2) is 35.3 Å². The summed E-state index contributed by atoms with van der Waals surface area (Å²) in [6, 6.07) is 17.7. The molecule has 3 aromatic rings. The summed E-state index contributed by atoms with van der Waals surface area (Å²) in [5.74, 6) is 1.15. The van der Waals surface area contributed by atoms with E-state index in [-0.39, 0.29) is 0 Å². The molecule has 130 valence electrons. The van der Waals surface area contributed by atoms with Crippen LogP contribution in [0.3, 0.4) is 0 Å². The molecule has 0 spiro atoms. The fourth-order valence-electron chi connectivity index (χ4n) is 2.50. The van der Waals surface area contributed by atoms with Crippen LogP contribution in [0.2, 0.25) is 5.02 Å². The smallest absolute Gasteiger partial charge is 0.241 e.